The number of nitrogens with one attached hydrogen (secondary N) is 2. The van der Waals surface area contributed by atoms with Gasteiger partial charge in [0.05, 0.1) is 17.1 Å². The van der Waals surface area contributed by atoms with E-state index in [1.54, 1.807) is 24.6 Å². The lowest BCUT2D eigenvalue weighted by atomic mass is 10.1. The van der Waals surface area contributed by atoms with Gasteiger partial charge in [0.1, 0.15) is 13.8 Å². The van der Waals surface area contributed by atoms with Gasteiger partial charge in [0, 0.05) is 17.5 Å². The summed E-state index contributed by atoms with van der Waals surface area (Å²) in [6, 6.07) is 10.3. The zero-order chi connectivity index (χ0) is 29.8. The first-order valence-corrected chi connectivity index (χ1v) is 18.9. The van der Waals surface area contributed by atoms with Gasteiger partial charge in [-0.25, -0.2) is 18.1 Å². The number of carbonyl (C=O) groups is 1. The minimum atomic E-state index is -3.56. The molecule has 0 bridgehead atoms. The zero-order valence-corrected chi connectivity index (χ0v) is 27.0. The summed E-state index contributed by atoms with van der Waals surface area (Å²) < 4.78 is 24.3. The van der Waals surface area contributed by atoms with Gasteiger partial charge < -0.3 is 10.4 Å². The summed E-state index contributed by atoms with van der Waals surface area (Å²) in [5.74, 6) is 0. The van der Waals surface area contributed by atoms with Crippen LogP contribution in [-0.2, 0) is 41.2 Å². The molecule has 2 aliphatic rings. The van der Waals surface area contributed by atoms with Gasteiger partial charge in [-0.15, -0.1) is 4.36 Å². The molecular weight excluding hydrogens is 553 g/mol. The Morgan fingerprint density at radius 3 is 2.12 bits per heavy atom. The van der Waals surface area contributed by atoms with Gasteiger partial charge in [0.15, 0.2) is 14.9 Å². The fourth-order valence-corrected chi connectivity index (χ4v) is 10.7. The number of hydrogen-bond acceptors (Lipinski definition) is 5. The predicted molar refractivity (Wildman–Crippen MR) is 165 cm³/mol. The highest BCUT2D eigenvalue weighted by Crippen LogP contribution is 2.38. The summed E-state index contributed by atoms with van der Waals surface area (Å²) in [6.45, 7) is 13.8. The molecule has 9 nitrogen and oxygen atoms in total. The Hall–Kier alpha value is -2.86. The largest absolute Gasteiger partial charge is 0.384 e. The van der Waals surface area contributed by atoms with Crippen molar-refractivity contribution >= 4 is 29.9 Å². The first-order chi connectivity index (χ1) is 19.1. The normalized spacial score (nSPS) is 16.7. The van der Waals surface area contributed by atoms with Gasteiger partial charge in [0.2, 0.25) is 0 Å². The third-order valence-corrected chi connectivity index (χ3v) is 16.6. The van der Waals surface area contributed by atoms with E-state index in [0.29, 0.717) is 11.4 Å². The molecule has 1 atom stereocenters. The number of aromatic nitrogens is 3. The van der Waals surface area contributed by atoms with Crippen LogP contribution in [0.1, 0.15) is 75.7 Å². The van der Waals surface area contributed by atoms with Crippen molar-refractivity contribution in [3.63, 3.8) is 0 Å². The standard InChI is InChI=1S/C30H42N6O3SSi/c1-29(2,3)41(6,7)35-40(39,26-19-25(30(4,5)38)36(33-26)20-13-9-8-10-14-20)34-28(37)32-27-21-15-11-17-23(21)31-24-18-12-16-22(24)27/h8-10,13-14,19,38H,11-12,15-18H2,1-7H3,(H2,31,32,34,35,37,39). The van der Waals surface area contributed by atoms with Crippen LogP contribution in [0.15, 0.2) is 45.8 Å². The molecule has 3 aromatic rings. The van der Waals surface area contributed by atoms with Gasteiger partial charge in [-0.2, -0.15) is 5.10 Å². The van der Waals surface area contributed by atoms with Crippen LogP contribution in [-0.4, -0.2) is 38.3 Å². The van der Waals surface area contributed by atoms with Crippen LogP contribution in [0.2, 0.25) is 18.1 Å². The number of benzene rings is 1. The molecule has 0 saturated heterocycles. The highest BCUT2D eigenvalue weighted by atomic mass is 32.2. The molecule has 0 aliphatic heterocycles. The van der Waals surface area contributed by atoms with E-state index >= 15 is 0 Å². The fraction of sp³-hybridized carbons (Fsp3) is 0.500. The van der Waals surface area contributed by atoms with Gasteiger partial charge >= 0.3 is 6.03 Å². The minimum Gasteiger partial charge on any atom is -0.384 e. The molecule has 2 aliphatic carbocycles. The average Bonchev–Trinajstić information content (AvgIpc) is 3.62. The van der Waals surface area contributed by atoms with Crippen LogP contribution in [0.5, 0.6) is 0 Å². The number of urea groups is 1. The van der Waals surface area contributed by atoms with E-state index < -0.39 is 29.8 Å². The number of pyridine rings is 1. The number of carbonyl (C=O) groups excluding carboxylic acids is 1. The summed E-state index contributed by atoms with van der Waals surface area (Å²) in [7, 11) is -6.03. The molecule has 0 spiro atoms. The number of aryl methyl sites for hydroxylation is 2. The van der Waals surface area contributed by atoms with E-state index in [1.807, 2.05) is 30.3 Å². The molecule has 2 heterocycles. The van der Waals surface area contributed by atoms with E-state index in [-0.39, 0.29) is 10.1 Å². The molecular formula is C30H42N6O3SSi. The molecule has 0 radical (unpaired) electrons. The van der Waals surface area contributed by atoms with Gasteiger partial charge in [-0.05, 0) is 80.7 Å². The van der Waals surface area contributed by atoms with Crippen LogP contribution in [0.3, 0.4) is 0 Å². The Morgan fingerprint density at radius 1 is 1.00 bits per heavy atom. The third-order valence-electron chi connectivity index (χ3n) is 8.56. The molecule has 2 amide bonds. The minimum absolute atomic E-state index is 0.114. The summed E-state index contributed by atoms with van der Waals surface area (Å²) in [5.41, 5.74) is 4.93. The number of fused-ring (bicyclic) bond motifs is 2. The molecule has 5 rings (SSSR count). The lowest BCUT2D eigenvalue weighted by molar-refractivity contribution is 0.0711. The van der Waals surface area contributed by atoms with Crippen molar-refractivity contribution in [2.45, 2.75) is 102 Å². The Morgan fingerprint density at radius 2 is 1.59 bits per heavy atom. The maximum absolute atomic E-state index is 15.0. The van der Waals surface area contributed by atoms with E-state index in [0.717, 1.165) is 66.7 Å². The Bertz CT molecular complexity index is 1580. The van der Waals surface area contributed by atoms with Crippen molar-refractivity contribution in [3.8, 4) is 5.69 Å². The summed E-state index contributed by atoms with van der Waals surface area (Å²) in [4.78, 5) is 18.6. The SMILES string of the molecule is CC(C)(O)c1cc(S(=O)(=NC(=O)Nc2c3c(nc4c2CCC4)CCC3)N[Si](C)(C)C(C)(C)C)nn1-c1ccccc1. The molecule has 11 heteroatoms. The maximum Gasteiger partial charge on any atom is 0.354 e. The fourth-order valence-electron chi connectivity index (χ4n) is 5.30. The second-order valence-corrected chi connectivity index (χ2v) is 20.5. The quantitative estimate of drug-likeness (QED) is 0.301. The monoisotopic (exact) mass is 594 g/mol. The number of anilines is 1. The van der Waals surface area contributed by atoms with Gasteiger partial charge in [-0.1, -0.05) is 52.1 Å². The van der Waals surface area contributed by atoms with Crippen LogP contribution in [0.4, 0.5) is 10.5 Å². The smallest absolute Gasteiger partial charge is 0.354 e. The van der Waals surface area contributed by atoms with E-state index in [2.05, 4.69) is 47.9 Å². The lowest BCUT2D eigenvalue weighted by Crippen LogP contribution is -2.54. The predicted octanol–water partition coefficient (Wildman–Crippen LogP) is 6.04. The van der Waals surface area contributed by atoms with Crippen molar-refractivity contribution in [1.29, 1.82) is 0 Å². The number of hydrogen-bond donors (Lipinski definition) is 3. The molecule has 3 N–H and O–H groups in total. The lowest BCUT2D eigenvalue weighted by Gasteiger charge is -2.37. The Labute approximate surface area is 244 Å². The van der Waals surface area contributed by atoms with Crippen LogP contribution >= 0.6 is 0 Å². The summed E-state index contributed by atoms with van der Waals surface area (Å²) >= 11 is 0. The molecule has 1 aromatic carbocycles. The van der Waals surface area contributed by atoms with Crippen molar-refractivity contribution in [1.82, 2.24) is 19.2 Å². The second kappa shape index (κ2) is 10.4. The average molecular weight is 595 g/mol. The van der Waals surface area contributed by atoms with Crippen LogP contribution < -0.4 is 9.70 Å². The Kier molecular flexibility index (Phi) is 7.55. The number of aliphatic hydroxyl groups is 1. The number of amides is 2. The molecule has 41 heavy (non-hydrogen) atoms. The van der Waals surface area contributed by atoms with E-state index in [4.69, 9.17) is 10.1 Å². The first-order valence-electron chi connectivity index (χ1n) is 14.4. The van der Waals surface area contributed by atoms with Crippen molar-refractivity contribution < 1.29 is 14.1 Å². The molecule has 0 fully saturated rings. The zero-order valence-electron chi connectivity index (χ0n) is 25.2. The highest BCUT2D eigenvalue weighted by Gasteiger charge is 2.40. The number of nitrogens with zero attached hydrogens (tertiary/aromatic N) is 4. The van der Waals surface area contributed by atoms with Gasteiger partial charge in [-0.3, -0.25) is 4.98 Å². The Balaban J connectivity index is 1.64. The molecule has 220 valence electrons. The summed E-state index contributed by atoms with van der Waals surface area (Å²) in [5, 5.41) is 18.7. The van der Waals surface area contributed by atoms with E-state index in [1.165, 1.54) is 0 Å². The van der Waals surface area contributed by atoms with Gasteiger partial charge in [0.25, 0.3) is 0 Å². The van der Waals surface area contributed by atoms with E-state index in [9.17, 15) is 14.1 Å². The number of para-hydroxylation sites is 1. The molecule has 2 aromatic heterocycles. The van der Waals surface area contributed by atoms with Crippen LogP contribution in [0.25, 0.3) is 5.69 Å². The molecule has 1 unspecified atom stereocenters. The summed E-state index contributed by atoms with van der Waals surface area (Å²) in [6.07, 6.45) is 5.54. The maximum atomic E-state index is 15.0. The third kappa shape index (κ3) is 5.77. The number of rotatable bonds is 6. The molecule has 0 saturated carbocycles. The van der Waals surface area contributed by atoms with Crippen LogP contribution in [0, 0.1) is 0 Å². The highest BCUT2D eigenvalue weighted by molar-refractivity contribution is 7.93. The van der Waals surface area contributed by atoms with Crippen molar-refractivity contribution in [3.05, 3.63) is 64.6 Å². The van der Waals surface area contributed by atoms with Crippen molar-refractivity contribution in [2.24, 2.45) is 4.36 Å². The van der Waals surface area contributed by atoms with Crippen molar-refractivity contribution in [2.75, 3.05) is 5.32 Å². The second-order valence-electron chi connectivity index (χ2n) is 13.2. The first kappa shape index (κ1) is 29.6. The topological polar surface area (TPSA) is 122 Å².